The Morgan fingerprint density at radius 1 is 1.38 bits per heavy atom. The normalized spacial score (nSPS) is 18.1. The molecule has 1 aliphatic heterocycles. The Bertz CT molecular complexity index is 490. The highest BCUT2D eigenvalue weighted by molar-refractivity contribution is 5.83. The van der Waals surface area contributed by atoms with Crippen LogP contribution in [0.3, 0.4) is 0 Å². The molecule has 1 fully saturated rings. The van der Waals surface area contributed by atoms with Crippen LogP contribution < -0.4 is 14.8 Å². The van der Waals surface area contributed by atoms with E-state index in [-0.39, 0.29) is 5.91 Å². The summed E-state index contributed by atoms with van der Waals surface area (Å²) >= 11 is 0. The molecule has 0 aromatic heterocycles. The van der Waals surface area contributed by atoms with Crippen LogP contribution in [-0.2, 0) is 11.3 Å². The number of nitrogens with zero attached hydrogens (tertiary/aromatic N) is 1. The summed E-state index contributed by atoms with van der Waals surface area (Å²) < 4.78 is 11.7. The zero-order valence-corrected chi connectivity index (χ0v) is 13.0. The topological polar surface area (TPSA) is 50.8 Å². The summed E-state index contributed by atoms with van der Waals surface area (Å²) in [5.41, 5.74) is 1.02. The van der Waals surface area contributed by atoms with E-state index in [1.165, 1.54) is 0 Å². The lowest BCUT2D eigenvalue weighted by atomic mass is 10.1. The van der Waals surface area contributed by atoms with Crippen LogP contribution >= 0.6 is 0 Å². The fourth-order valence-corrected chi connectivity index (χ4v) is 2.41. The maximum Gasteiger partial charge on any atom is 0.263 e. The molecular weight excluding hydrogens is 268 g/mol. The Morgan fingerprint density at radius 3 is 2.81 bits per heavy atom. The van der Waals surface area contributed by atoms with E-state index >= 15 is 0 Å². The molecular formula is C16H24N2O3. The first-order valence-corrected chi connectivity index (χ1v) is 7.54. The third kappa shape index (κ3) is 3.67. The quantitative estimate of drug-likeness (QED) is 0.832. The Morgan fingerprint density at radius 2 is 2.19 bits per heavy atom. The van der Waals surface area contributed by atoms with Crippen molar-refractivity contribution in [3.63, 3.8) is 0 Å². The molecule has 1 aromatic rings. The number of para-hydroxylation sites is 1. The van der Waals surface area contributed by atoms with E-state index < -0.39 is 6.10 Å². The van der Waals surface area contributed by atoms with Crippen LogP contribution in [0.4, 0.5) is 0 Å². The summed E-state index contributed by atoms with van der Waals surface area (Å²) in [6.45, 7) is 6.88. The maximum atomic E-state index is 12.0. The molecule has 0 radical (unpaired) electrons. The van der Waals surface area contributed by atoms with Gasteiger partial charge in [-0.3, -0.25) is 4.79 Å². The Labute approximate surface area is 126 Å². The van der Waals surface area contributed by atoms with E-state index in [1.54, 1.807) is 11.9 Å². The molecule has 1 aliphatic rings. The summed E-state index contributed by atoms with van der Waals surface area (Å²) in [6, 6.07) is 5.84. The highest BCUT2D eigenvalue weighted by atomic mass is 16.5. The first-order chi connectivity index (χ1) is 10.2. The lowest BCUT2D eigenvalue weighted by Gasteiger charge is -2.19. The molecule has 0 bridgehead atoms. The number of likely N-dealkylation sites (N-methyl/N-ethyl adjacent to an activating group) is 1. The second-order valence-corrected chi connectivity index (χ2v) is 5.11. The first kappa shape index (κ1) is 15.6. The number of nitrogens with one attached hydrogen (secondary N) is 1. The van der Waals surface area contributed by atoms with E-state index in [1.807, 2.05) is 25.1 Å². The number of amides is 1. The number of carbonyl (C=O) groups excluding carboxylic acids is 1. The Balaban J connectivity index is 2.23. The van der Waals surface area contributed by atoms with Crippen molar-refractivity contribution < 1.29 is 14.3 Å². The van der Waals surface area contributed by atoms with E-state index in [4.69, 9.17) is 9.47 Å². The maximum absolute atomic E-state index is 12.0. The Hall–Kier alpha value is -1.75. The van der Waals surface area contributed by atoms with Gasteiger partial charge in [-0.1, -0.05) is 19.1 Å². The van der Waals surface area contributed by atoms with Crippen molar-refractivity contribution in [2.24, 2.45) is 0 Å². The van der Waals surface area contributed by atoms with Crippen LogP contribution in [0.15, 0.2) is 18.2 Å². The lowest BCUT2D eigenvalue weighted by molar-refractivity contribution is -0.132. The molecule has 1 amide bonds. The molecule has 1 heterocycles. The third-order valence-electron chi connectivity index (χ3n) is 3.56. The minimum absolute atomic E-state index is 0.0377. The molecule has 2 rings (SSSR count). The molecule has 0 spiro atoms. The summed E-state index contributed by atoms with van der Waals surface area (Å²) in [6.07, 6.45) is 0.313. The summed E-state index contributed by atoms with van der Waals surface area (Å²) in [5, 5.41) is 3.29. The molecule has 1 unspecified atom stereocenters. The van der Waals surface area contributed by atoms with Crippen molar-refractivity contribution in [2.45, 2.75) is 32.9 Å². The van der Waals surface area contributed by atoms with Crippen molar-refractivity contribution >= 4 is 5.91 Å². The van der Waals surface area contributed by atoms with Gasteiger partial charge in [0.05, 0.1) is 6.61 Å². The standard InChI is InChI=1S/C16H24N2O3/c1-4-17-11-12-7-6-8-13(20-5-2)15(12)21-14-9-10-18(3)16(14)19/h6-8,14,17H,4-5,9-11H2,1-3H3. The third-order valence-corrected chi connectivity index (χ3v) is 3.56. The number of rotatable bonds is 7. The van der Waals surface area contributed by atoms with Gasteiger partial charge < -0.3 is 19.7 Å². The first-order valence-electron chi connectivity index (χ1n) is 7.54. The molecule has 21 heavy (non-hydrogen) atoms. The number of ether oxygens (including phenoxy) is 2. The minimum Gasteiger partial charge on any atom is -0.490 e. The molecule has 5 heteroatoms. The van der Waals surface area contributed by atoms with E-state index in [0.29, 0.717) is 24.7 Å². The van der Waals surface area contributed by atoms with Gasteiger partial charge in [-0.05, 0) is 19.5 Å². The number of carbonyl (C=O) groups is 1. The van der Waals surface area contributed by atoms with Gasteiger partial charge in [0.15, 0.2) is 17.6 Å². The van der Waals surface area contributed by atoms with Crippen LogP contribution in [0.2, 0.25) is 0 Å². The number of likely N-dealkylation sites (tertiary alicyclic amines) is 1. The molecule has 1 N–H and O–H groups in total. The van der Waals surface area contributed by atoms with Gasteiger partial charge in [0.2, 0.25) is 0 Å². The fraction of sp³-hybridized carbons (Fsp3) is 0.562. The smallest absolute Gasteiger partial charge is 0.263 e. The zero-order chi connectivity index (χ0) is 15.2. The number of benzene rings is 1. The van der Waals surface area contributed by atoms with Gasteiger partial charge in [0.25, 0.3) is 5.91 Å². The molecule has 0 saturated carbocycles. The van der Waals surface area contributed by atoms with E-state index in [9.17, 15) is 4.79 Å². The lowest BCUT2D eigenvalue weighted by Crippen LogP contribution is -2.30. The SMILES string of the molecule is CCNCc1cccc(OCC)c1OC1CCN(C)C1=O. The van der Waals surface area contributed by atoms with Crippen molar-refractivity contribution in [1.82, 2.24) is 10.2 Å². The van der Waals surface area contributed by atoms with E-state index in [2.05, 4.69) is 12.2 Å². The average Bonchev–Trinajstić information content (AvgIpc) is 2.80. The van der Waals surface area contributed by atoms with Gasteiger partial charge in [-0.25, -0.2) is 0 Å². The van der Waals surface area contributed by atoms with Crippen LogP contribution in [0, 0.1) is 0 Å². The average molecular weight is 292 g/mol. The largest absolute Gasteiger partial charge is 0.490 e. The monoisotopic (exact) mass is 292 g/mol. The van der Waals surface area contributed by atoms with Crippen LogP contribution in [0.5, 0.6) is 11.5 Å². The molecule has 1 saturated heterocycles. The predicted octanol–water partition coefficient (Wildman–Crippen LogP) is 1.80. The van der Waals surface area contributed by atoms with Gasteiger partial charge in [0, 0.05) is 32.1 Å². The van der Waals surface area contributed by atoms with Crippen LogP contribution in [0.1, 0.15) is 25.8 Å². The fourth-order valence-electron chi connectivity index (χ4n) is 2.41. The van der Waals surface area contributed by atoms with Crippen molar-refractivity contribution in [3.05, 3.63) is 23.8 Å². The van der Waals surface area contributed by atoms with Gasteiger partial charge in [0.1, 0.15) is 0 Å². The second kappa shape index (κ2) is 7.31. The second-order valence-electron chi connectivity index (χ2n) is 5.11. The van der Waals surface area contributed by atoms with Crippen molar-refractivity contribution in [2.75, 3.05) is 26.7 Å². The van der Waals surface area contributed by atoms with Crippen LogP contribution in [0.25, 0.3) is 0 Å². The minimum atomic E-state index is -0.406. The van der Waals surface area contributed by atoms with Crippen molar-refractivity contribution in [1.29, 1.82) is 0 Å². The van der Waals surface area contributed by atoms with Crippen molar-refractivity contribution in [3.8, 4) is 11.5 Å². The molecule has 1 aromatic carbocycles. The summed E-state index contributed by atoms with van der Waals surface area (Å²) in [4.78, 5) is 13.8. The number of hydrogen-bond donors (Lipinski definition) is 1. The Kier molecular flexibility index (Phi) is 5.44. The molecule has 5 nitrogen and oxygen atoms in total. The summed E-state index contributed by atoms with van der Waals surface area (Å²) in [5.74, 6) is 1.43. The van der Waals surface area contributed by atoms with Crippen LogP contribution in [-0.4, -0.2) is 43.7 Å². The molecule has 1 atom stereocenters. The zero-order valence-electron chi connectivity index (χ0n) is 13.0. The highest BCUT2D eigenvalue weighted by Crippen LogP contribution is 2.33. The van der Waals surface area contributed by atoms with Gasteiger partial charge in [-0.2, -0.15) is 0 Å². The predicted molar refractivity (Wildman–Crippen MR) is 81.7 cm³/mol. The van der Waals surface area contributed by atoms with E-state index in [0.717, 1.165) is 25.1 Å². The van der Waals surface area contributed by atoms with Gasteiger partial charge >= 0.3 is 0 Å². The highest BCUT2D eigenvalue weighted by Gasteiger charge is 2.32. The summed E-state index contributed by atoms with van der Waals surface area (Å²) in [7, 11) is 1.81. The number of hydrogen-bond acceptors (Lipinski definition) is 4. The molecule has 116 valence electrons. The van der Waals surface area contributed by atoms with Gasteiger partial charge in [-0.15, -0.1) is 0 Å². The molecule has 0 aliphatic carbocycles.